The van der Waals surface area contributed by atoms with Gasteiger partial charge in [-0.3, -0.25) is 4.79 Å². The number of carbonyl (C=O) groups excluding carboxylic acids is 1. The zero-order valence-electron chi connectivity index (χ0n) is 16.1. The molecule has 1 aliphatic rings. The Kier molecular flexibility index (Phi) is 4.97. The van der Waals surface area contributed by atoms with Gasteiger partial charge in [-0.05, 0) is 48.5 Å². The number of hydrogen-bond acceptors (Lipinski definition) is 6. The fraction of sp³-hybridized carbons (Fsp3) is 0.286. The van der Waals surface area contributed by atoms with Gasteiger partial charge in [0.05, 0.1) is 6.26 Å². The maximum atomic E-state index is 12.8. The van der Waals surface area contributed by atoms with Gasteiger partial charge in [0, 0.05) is 51.5 Å². The summed E-state index contributed by atoms with van der Waals surface area (Å²) in [6.45, 7) is 2.79. The Balaban J connectivity index is 1.37. The van der Waals surface area contributed by atoms with Crippen molar-refractivity contribution >= 4 is 17.4 Å². The third-order valence-corrected chi connectivity index (χ3v) is 4.95. The fourth-order valence-electron chi connectivity index (χ4n) is 3.27. The van der Waals surface area contributed by atoms with Crippen LogP contribution in [0.2, 0.25) is 0 Å². The molecule has 3 aromatic rings. The summed E-state index contributed by atoms with van der Waals surface area (Å²) in [7, 11) is 3.97. The van der Waals surface area contributed by atoms with Gasteiger partial charge in [0.25, 0.3) is 5.91 Å². The minimum Gasteiger partial charge on any atom is -0.463 e. The van der Waals surface area contributed by atoms with Crippen molar-refractivity contribution in [1.29, 1.82) is 0 Å². The highest BCUT2D eigenvalue weighted by molar-refractivity contribution is 5.94. The van der Waals surface area contributed by atoms with Crippen molar-refractivity contribution < 1.29 is 9.21 Å². The molecule has 1 fully saturated rings. The molecular formula is C21H23N5O2. The molecule has 0 N–H and O–H groups in total. The molecule has 0 saturated carbocycles. The number of furan rings is 1. The van der Waals surface area contributed by atoms with Gasteiger partial charge in [-0.15, -0.1) is 10.2 Å². The molecule has 0 radical (unpaired) electrons. The zero-order chi connectivity index (χ0) is 19.5. The Bertz CT molecular complexity index is 912. The molecule has 1 aliphatic heterocycles. The molecule has 1 saturated heterocycles. The summed E-state index contributed by atoms with van der Waals surface area (Å²) in [6.07, 6.45) is 1.62. The van der Waals surface area contributed by atoms with E-state index < -0.39 is 0 Å². The standard InChI is InChI=1S/C21H23N5O2/c1-24(2)17-7-5-16(6-8-17)21(27)26-13-11-25(12-14-26)20-10-9-18(22-23-20)19-4-3-15-28-19/h3-10,15H,11-14H2,1-2H3. The molecule has 0 bridgehead atoms. The average Bonchev–Trinajstić information content (AvgIpc) is 3.28. The van der Waals surface area contributed by atoms with E-state index in [1.165, 1.54) is 0 Å². The highest BCUT2D eigenvalue weighted by atomic mass is 16.3. The van der Waals surface area contributed by atoms with Gasteiger partial charge in [0.1, 0.15) is 5.69 Å². The molecule has 0 unspecified atom stereocenters. The lowest BCUT2D eigenvalue weighted by atomic mass is 10.1. The van der Waals surface area contributed by atoms with Crippen LogP contribution in [0.1, 0.15) is 10.4 Å². The van der Waals surface area contributed by atoms with Gasteiger partial charge in [-0.25, -0.2) is 0 Å². The third-order valence-electron chi connectivity index (χ3n) is 4.95. The second-order valence-electron chi connectivity index (χ2n) is 6.97. The molecule has 0 atom stereocenters. The first-order chi connectivity index (χ1) is 13.6. The molecule has 2 aromatic heterocycles. The summed E-state index contributed by atoms with van der Waals surface area (Å²) in [5.74, 6) is 1.59. The Hall–Kier alpha value is -3.35. The van der Waals surface area contributed by atoms with Gasteiger partial charge in [0.2, 0.25) is 0 Å². The first-order valence-electron chi connectivity index (χ1n) is 9.31. The lowest BCUT2D eigenvalue weighted by Gasteiger charge is -2.35. The molecule has 3 heterocycles. The van der Waals surface area contributed by atoms with Gasteiger partial charge in [-0.2, -0.15) is 0 Å². The van der Waals surface area contributed by atoms with Crippen molar-refractivity contribution in [3.8, 4) is 11.5 Å². The van der Waals surface area contributed by atoms with Crippen LogP contribution in [0.25, 0.3) is 11.5 Å². The number of rotatable bonds is 4. The molecule has 7 nitrogen and oxygen atoms in total. The van der Waals surface area contributed by atoms with Crippen molar-refractivity contribution in [1.82, 2.24) is 15.1 Å². The fourth-order valence-corrected chi connectivity index (χ4v) is 3.27. The summed E-state index contributed by atoms with van der Waals surface area (Å²) < 4.78 is 5.34. The van der Waals surface area contributed by atoms with Gasteiger partial charge < -0.3 is 19.1 Å². The topological polar surface area (TPSA) is 65.7 Å². The second-order valence-corrected chi connectivity index (χ2v) is 6.97. The normalized spacial score (nSPS) is 14.2. The summed E-state index contributed by atoms with van der Waals surface area (Å²) in [5.41, 5.74) is 2.52. The first kappa shape index (κ1) is 18.0. The van der Waals surface area contributed by atoms with E-state index >= 15 is 0 Å². The largest absolute Gasteiger partial charge is 0.463 e. The molecule has 0 spiro atoms. The molecule has 4 rings (SSSR count). The van der Waals surface area contributed by atoms with Gasteiger partial charge in [0.15, 0.2) is 11.6 Å². The molecule has 7 heteroatoms. The zero-order valence-corrected chi connectivity index (χ0v) is 16.1. The minimum absolute atomic E-state index is 0.0733. The molecule has 1 aromatic carbocycles. The average molecular weight is 377 g/mol. The Morgan fingerprint density at radius 3 is 2.29 bits per heavy atom. The van der Waals surface area contributed by atoms with Crippen LogP contribution in [-0.4, -0.2) is 61.3 Å². The number of aromatic nitrogens is 2. The number of amides is 1. The number of piperazine rings is 1. The highest BCUT2D eigenvalue weighted by Gasteiger charge is 2.23. The van der Waals surface area contributed by atoms with Crippen LogP contribution in [0.15, 0.2) is 59.2 Å². The van der Waals surface area contributed by atoms with Crippen molar-refractivity contribution in [2.45, 2.75) is 0 Å². The summed E-state index contributed by atoms with van der Waals surface area (Å²) >= 11 is 0. The van der Waals surface area contributed by atoms with Crippen molar-refractivity contribution in [3.63, 3.8) is 0 Å². The van der Waals surface area contributed by atoms with Crippen LogP contribution in [-0.2, 0) is 0 Å². The van der Waals surface area contributed by atoms with Gasteiger partial charge >= 0.3 is 0 Å². The monoisotopic (exact) mass is 377 g/mol. The molecule has 0 aliphatic carbocycles. The predicted molar refractivity (Wildman–Crippen MR) is 109 cm³/mol. The van der Waals surface area contributed by atoms with E-state index in [2.05, 4.69) is 15.1 Å². The van der Waals surface area contributed by atoms with E-state index in [9.17, 15) is 4.79 Å². The Morgan fingerprint density at radius 1 is 0.964 bits per heavy atom. The quantitative estimate of drug-likeness (QED) is 0.697. The van der Waals surface area contributed by atoms with E-state index in [4.69, 9.17) is 4.42 Å². The van der Waals surface area contributed by atoms with Crippen molar-refractivity contribution in [2.75, 3.05) is 50.1 Å². The van der Waals surface area contributed by atoms with Crippen molar-refractivity contribution in [3.05, 3.63) is 60.4 Å². The first-order valence-corrected chi connectivity index (χ1v) is 9.31. The molecular weight excluding hydrogens is 354 g/mol. The molecule has 28 heavy (non-hydrogen) atoms. The predicted octanol–water partition coefficient (Wildman–Crippen LogP) is 2.77. The van der Waals surface area contributed by atoms with Crippen molar-refractivity contribution in [2.24, 2.45) is 0 Å². The van der Waals surface area contributed by atoms with Crippen LogP contribution < -0.4 is 9.80 Å². The van der Waals surface area contributed by atoms with E-state index in [0.29, 0.717) is 24.5 Å². The number of anilines is 2. The Labute approximate surface area is 164 Å². The smallest absolute Gasteiger partial charge is 0.253 e. The number of nitrogens with zero attached hydrogens (tertiary/aromatic N) is 5. The van der Waals surface area contributed by atoms with Crippen LogP contribution in [0.3, 0.4) is 0 Å². The summed E-state index contributed by atoms with van der Waals surface area (Å²) in [6, 6.07) is 15.3. The van der Waals surface area contributed by atoms with Crippen LogP contribution in [0.5, 0.6) is 0 Å². The maximum Gasteiger partial charge on any atom is 0.253 e. The lowest BCUT2D eigenvalue weighted by Crippen LogP contribution is -2.49. The van der Waals surface area contributed by atoms with E-state index in [0.717, 1.165) is 30.2 Å². The molecule has 1 amide bonds. The minimum atomic E-state index is 0.0733. The van der Waals surface area contributed by atoms with E-state index in [-0.39, 0.29) is 5.91 Å². The lowest BCUT2D eigenvalue weighted by molar-refractivity contribution is 0.0746. The van der Waals surface area contributed by atoms with E-state index in [1.54, 1.807) is 6.26 Å². The molecule has 144 valence electrons. The Morgan fingerprint density at radius 2 is 1.71 bits per heavy atom. The van der Waals surface area contributed by atoms with Gasteiger partial charge in [-0.1, -0.05) is 0 Å². The third kappa shape index (κ3) is 3.69. The highest BCUT2D eigenvalue weighted by Crippen LogP contribution is 2.20. The van der Waals surface area contributed by atoms with Crippen LogP contribution >= 0.6 is 0 Å². The SMILES string of the molecule is CN(C)c1ccc(C(=O)N2CCN(c3ccc(-c4ccco4)nn3)CC2)cc1. The van der Waals surface area contributed by atoms with Crippen LogP contribution in [0, 0.1) is 0 Å². The second kappa shape index (κ2) is 7.72. The number of carbonyl (C=O) groups is 1. The van der Waals surface area contributed by atoms with E-state index in [1.807, 2.05) is 72.4 Å². The number of hydrogen-bond donors (Lipinski definition) is 0. The number of benzene rings is 1. The summed E-state index contributed by atoms with van der Waals surface area (Å²) in [4.78, 5) is 18.8. The maximum absolute atomic E-state index is 12.8. The van der Waals surface area contributed by atoms with Crippen LogP contribution in [0.4, 0.5) is 11.5 Å². The summed E-state index contributed by atoms with van der Waals surface area (Å²) in [5, 5.41) is 8.57.